The number of benzene rings is 3. The smallest absolute Gasteiger partial charge is 0.216 e. The van der Waals surface area contributed by atoms with E-state index in [9.17, 15) is 5.48 Å². The fraction of sp³-hybridized carbons (Fsp3) is 0.343. The molecule has 7 rings (SSSR count). The van der Waals surface area contributed by atoms with Gasteiger partial charge in [0, 0.05) is 28.4 Å². The molecule has 0 amide bonds. The lowest BCUT2D eigenvalue weighted by molar-refractivity contribution is -0.660. The van der Waals surface area contributed by atoms with Crippen molar-refractivity contribution in [3.8, 4) is 22.4 Å². The van der Waals surface area contributed by atoms with Gasteiger partial charge in [0.05, 0.1) is 11.1 Å². The van der Waals surface area contributed by atoms with Gasteiger partial charge in [-0.15, -0.1) is 0 Å². The lowest BCUT2D eigenvalue weighted by atomic mass is 9.71. The number of hydrogen-bond acceptors (Lipinski definition) is 1. The molecule has 0 N–H and O–H groups in total. The summed E-state index contributed by atoms with van der Waals surface area (Å²) in [5.74, 6) is -0.777. The minimum Gasteiger partial charge on any atom is -0.454 e. The first-order chi connectivity index (χ1) is 20.1. The van der Waals surface area contributed by atoms with Gasteiger partial charge in [-0.2, -0.15) is 0 Å². The van der Waals surface area contributed by atoms with Crippen LogP contribution in [0.25, 0.3) is 44.3 Å². The van der Waals surface area contributed by atoms with E-state index in [4.69, 9.17) is 4.42 Å². The summed E-state index contributed by atoms with van der Waals surface area (Å²) in [5.41, 5.74) is 5.08. The molecule has 192 valence electrons. The zero-order chi connectivity index (χ0) is 29.4. The minimum atomic E-state index is -1.82. The van der Waals surface area contributed by atoms with Crippen LogP contribution in [0.2, 0.25) is 0 Å². The molecule has 1 fully saturated rings. The van der Waals surface area contributed by atoms with Crippen LogP contribution in [0.15, 0.2) is 71.3 Å². The molecule has 38 heavy (non-hydrogen) atoms. The maximum absolute atomic E-state index is 16.0. The molecule has 2 aliphatic carbocycles. The number of nitrogens with zero attached hydrogens (tertiary/aromatic N) is 1. The number of aromatic nitrogens is 1. The van der Waals surface area contributed by atoms with Gasteiger partial charge in [0.15, 0.2) is 6.20 Å². The van der Waals surface area contributed by atoms with Crippen molar-refractivity contribution in [2.75, 3.05) is 0 Å². The van der Waals surface area contributed by atoms with Gasteiger partial charge in [0.25, 0.3) is 0 Å². The van der Waals surface area contributed by atoms with Crippen molar-refractivity contribution in [1.29, 1.82) is 0 Å². The van der Waals surface area contributed by atoms with Crippen molar-refractivity contribution in [2.45, 2.75) is 58.2 Å². The molecule has 1 atom stereocenters. The van der Waals surface area contributed by atoms with Crippen LogP contribution < -0.4 is 4.57 Å². The van der Waals surface area contributed by atoms with Crippen LogP contribution in [0, 0.1) is 24.6 Å². The van der Waals surface area contributed by atoms with Crippen LogP contribution in [0.3, 0.4) is 0 Å². The third kappa shape index (κ3) is 3.78. The number of furan rings is 1. The van der Waals surface area contributed by atoms with Gasteiger partial charge in [-0.25, -0.2) is 8.96 Å². The SMILES string of the molecule is [2H]C1([2H])CC(C2CCCCC2)C([2H])([2H])c2cccc(-c3c(F)ccc4c3oc3c(-c5cccc[n+]5C)c(C)ccc34)c21. The molecule has 3 heteroatoms. The standard InChI is InChI=1S/C35H35FNO/c1-22-14-16-28-29-18-19-30(36)33(35(29)38-34(28)32(22)31-13-6-7-20-37(31)2)27-12-8-11-25-21-24(15-17-26(25)27)23-9-4-3-5-10-23/h6-8,11-14,16,18-20,23-24H,3-5,9-10,15,17,21H2,1-2H3/q+1/i17D2,21D2. The molecule has 5 aromatic rings. The molecular weight excluding hydrogens is 469 g/mol. The number of fused-ring (bicyclic) bond motifs is 4. The zero-order valence-electron chi connectivity index (χ0n) is 26.0. The highest BCUT2D eigenvalue weighted by Crippen LogP contribution is 2.45. The summed E-state index contributed by atoms with van der Waals surface area (Å²) in [6.45, 7) is 2.03. The van der Waals surface area contributed by atoms with Crippen molar-refractivity contribution in [2.24, 2.45) is 18.9 Å². The molecule has 2 aliphatic rings. The van der Waals surface area contributed by atoms with E-state index in [-0.39, 0.29) is 23.5 Å². The summed E-state index contributed by atoms with van der Waals surface area (Å²) < 4.78 is 61.7. The predicted octanol–water partition coefficient (Wildman–Crippen LogP) is 8.88. The Morgan fingerprint density at radius 1 is 0.842 bits per heavy atom. The number of hydrogen-bond donors (Lipinski definition) is 0. The Bertz CT molecular complexity index is 1850. The summed E-state index contributed by atoms with van der Waals surface area (Å²) >= 11 is 0. The van der Waals surface area contributed by atoms with E-state index >= 15 is 4.39 Å². The maximum atomic E-state index is 16.0. The Kier molecular flexibility index (Phi) is 4.83. The van der Waals surface area contributed by atoms with Gasteiger partial charge in [-0.05, 0) is 78.4 Å². The number of aryl methyl sites for hydroxylation is 2. The van der Waals surface area contributed by atoms with E-state index in [0.29, 0.717) is 22.3 Å². The Hall–Kier alpha value is -3.46. The van der Waals surface area contributed by atoms with Crippen LogP contribution in [0.5, 0.6) is 0 Å². The first-order valence-corrected chi connectivity index (χ1v) is 13.8. The molecule has 3 aromatic carbocycles. The third-order valence-corrected chi connectivity index (χ3v) is 8.67. The summed E-state index contributed by atoms with van der Waals surface area (Å²) in [6.07, 6.45) is 3.68. The molecule has 0 saturated heterocycles. The second kappa shape index (κ2) is 9.38. The average Bonchev–Trinajstić information content (AvgIpc) is 3.34. The van der Waals surface area contributed by atoms with E-state index in [1.54, 1.807) is 24.3 Å². The Morgan fingerprint density at radius 2 is 1.63 bits per heavy atom. The molecule has 2 heterocycles. The topological polar surface area (TPSA) is 17.0 Å². The highest BCUT2D eigenvalue weighted by atomic mass is 19.1. The molecule has 0 bridgehead atoms. The van der Waals surface area contributed by atoms with Crippen LogP contribution in [0.4, 0.5) is 4.39 Å². The summed E-state index contributed by atoms with van der Waals surface area (Å²) in [5, 5.41) is 1.61. The van der Waals surface area contributed by atoms with E-state index in [0.717, 1.165) is 59.7 Å². The van der Waals surface area contributed by atoms with Gasteiger partial charge >= 0.3 is 0 Å². The van der Waals surface area contributed by atoms with Gasteiger partial charge < -0.3 is 4.42 Å². The van der Waals surface area contributed by atoms with Crippen LogP contribution in [-0.4, -0.2) is 0 Å². The monoisotopic (exact) mass is 508 g/mol. The number of pyridine rings is 1. The van der Waals surface area contributed by atoms with Gasteiger partial charge in [-0.1, -0.05) is 62.4 Å². The van der Waals surface area contributed by atoms with Crippen molar-refractivity contribution in [3.63, 3.8) is 0 Å². The average molecular weight is 509 g/mol. The van der Waals surface area contributed by atoms with E-state index in [1.165, 1.54) is 6.07 Å². The lowest BCUT2D eigenvalue weighted by Crippen LogP contribution is -2.30. The Balaban J connectivity index is 1.48. The zero-order valence-corrected chi connectivity index (χ0v) is 22.0. The highest BCUT2D eigenvalue weighted by molar-refractivity contribution is 6.13. The molecular formula is C35H35FNO+. The van der Waals surface area contributed by atoms with E-state index in [1.807, 2.05) is 55.1 Å². The molecule has 0 aliphatic heterocycles. The molecule has 2 nitrogen and oxygen atoms in total. The van der Waals surface area contributed by atoms with Gasteiger partial charge in [0.2, 0.25) is 5.69 Å². The molecule has 2 aromatic heterocycles. The molecule has 1 saturated carbocycles. The van der Waals surface area contributed by atoms with E-state index < -0.39 is 24.5 Å². The fourth-order valence-electron chi connectivity index (χ4n) is 6.69. The van der Waals surface area contributed by atoms with Crippen molar-refractivity contribution in [1.82, 2.24) is 0 Å². The van der Waals surface area contributed by atoms with Crippen molar-refractivity contribution < 1.29 is 18.9 Å². The first kappa shape index (κ1) is 19.6. The Labute approximate surface area is 229 Å². The normalized spacial score (nSPS) is 22.4. The van der Waals surface area contributed by atoms with Gasteiger partial charge in [0.1, 0.15) is 24.0 Å². The largest absolute Gasteiger partial charge is 0.454 e. The summed E-state index contributed by atoms with van der Waals surface area (Å²) in [6, 6.07) is 18.3. The quantitative estimate of drug-likeness (QED) is 0.222. The van der Waals surface area contributed by atoms with Crippen LogP contribution >= 0.6 is 0 Å². The number of rotatable bonds is 3. The second-order valence-electron chi connectivity index (χ2n) is 11.0. The summed E-state index contributed by atoms with van der Waals surface area (Å²) in [4.78, 5) is 0. The molecule has 0 spiro atoms. The van der Waals surface area contributed by atoms with Crippen LogP contribution in [0.1, 0.15) is 60.7 Å². The molecule has 0 radical (unpaired) electrons. The predicted molar refractivity (Wildman–Crippen MR) is 153 cm³/mol. The maximum Gasteiger partial charge on any atom is 0.216 e. The van der Waals surface area contributed by atoms with Crippen molar-refractivity contribution in [3.05, 3.63) is 89.4 Å². The fourth-order valence-corrected chi connectivity index (χ4v) is 6.69. The van der Waals surface area contributed by atoms with Crippen molar-refractivity contribution >= 4 is 21.9 Å². The minimum absolute atomic E-state index is 0.0836. The second-order valence-corrected chi connectivity index (χ2v) is 11.0. The lowest BCUT2D eigenvalue weighted by Gasteiger charge is -2.34. The highest BCUT2D eigenvalue weighted by Gasteiger charge is 2.30. The third-order valence-electron chi connectivity index (χ3n) is 8.67. The van der Waals surface area contributed by atoms with E-state index in [2.05, 4.69) is 0 Å². The van der Waals surface area contributed by atoms with Crippen LogP contribution in [-0.2, 0) is 19.8 Å². The molecule has 1 unspecified atom stereocenters. The first-order valence-electron chi connectivity index (χ1n) is 15.8. The number of halogens is 1. The van der Waals surface area contributed by atoms with Gasteiger partial charge in [-0.3, -0.25) is 0 Å². The Morgan fingerprint density at radius 3 is 2.45 bits per heavy atom. The summed E-state index contributed by atoms with van der Waals surface area (Å²) in [7, 11) is 1.98.